The van der Waals surface area contributed by atoms with Crippen LogP contribution in [0.4, 0.5) is 0 Å². The Balaban J connectivity index is 2.02. The molecule has 26 heavy (non-hydrogen) atoms. The van der Waals surface area contributed by atoms with E-state index in [2.05, 4.69) is 0 Å². The number of benzene rings is 1. The van der Waals surface area contributed by atoms with Gasteiger partial charge in [0.15, 0.2) is 0 Å². The molecule has 0 saturated carbocycles. The van der Waals surface area contributed by atoms with Gasteiger partial charge in [-0.2, -0.15) is 0 Å². The molecule has 2 aliphatic heterocycles. The average Bonchev–Trinajstić information content (AvgIpc) is 3.24. The first-order valence-corrected chi connectivity index (χ1v) is 8.76. The fourth-order valence-electron chi connectivity index (χ4n) is 3.43. The van der Waals surface area contributed by atoms with Crippen molar-refractivity contribution in [3.8, 4) is 5.75 Å². The Bertz CT molecular complexity index is 724. The van der Waals surface area contributed by atoms with Crippen LogP contribution in [0.2, 0.25) is 0 Å². The number of hydrogen-bond donors (Lipinski definition) is 1. The van der Waals surface area contributed by atoms with E-state index in [1.807, 2.05) is 6.07 Å². The summed E-state index contributed by atoms with van der Waals surface area (Å²) in [6, 6.07) is 7.13. The van der Waals surface area contributed by atoms with E-state index in [1.54, 1.807) is 30.1 Å². The van der Waals surface area contributed by atoms with Crippen LogP contribution in [0.25, 0.3) is 5.57 Å². The minimum atomic E-state index is -0.359. The summed E-state index contributed by atoms with van der Waals surface area (Å²) in [6.45, 7) is 1.03. The summed E-state index contributed by atoms with van der Waals surface area (Å²) in [5.41, 5.74) is 1.16. The van der Waals surface area contributed by atoms with Crippen molar-refractivity contribution in [3.63, 3.8) is 0 Å². The number of ether oxygens (including phenoxy) is 2. The Kier molecular flexibility index (Phi) is 5.58. The zero-order valence-corrected chi connectivity index (χ0v) is 15.1. The van der Waals surface area contributed by atoms with Crippen molar-refractivity contribution in [1.82, 2.24) is 9.80 Å². The lowest BCUT2D eigenvalue weighted by Crippen LogP contribution is -2.39. The summed E-state index contributed by atoms with van der Waals surface area (Å²) >= 11 is 0. The van der Waals surface area contributed by atoms with Gasteiger partial charge in [-0.3, -0.25) is 14.5 Å². The van der Waals surface area contributed by atoms with Gasteiger partial charge in [0.25, 0.3) is 11.8 Å². The lowest BCUT2D eigenvalue weighted by molar-refractivity contribution is -0.139. The van der Waals surface area contributed by atoms with E-state index >= 15 is 0 Å². The molecule has 2 amide bonds. The summed E-state index contributed by atoms with van der Waals surface area (Å²) in [7, 11) is 3.23. The van der Waals surface area contributed by atoms with E-state index in [9.17, 15) is 14.7 Å². The van der Waals surface area contributed by atoms with E-state index < -0.39 is 0 Å². The van der Waals surface area contributed by atoms with E-state index in [4.69, 9.17) is 9.47 Å². The molecule has 0 aromatic heterocycles. The van der Waals surface area contributed by atoms with Crippen molar-refractivity contribution in [2.24, 2.45) is 0 Å². The number of rotatable bonds is 7. The maximum Gasteiger partial charge on any atom is 0.277 e. The van der Waals surface area contributed by atoms with Gasteiger partial charge in [0.2, 0.25) is 0 Å². The molecule has 1 aromatic carbocycles. The Hall–Kier alpha value is -2.38. The molecule has 140 valence electrons. The van der Waals surface area contributed by atoms with Crippen molar-refractivity contribution in [1.29, 1.82) is 0 Å². The van der Waals surface area contributed by atoms with Gasteiger partial charge in [-0.25, -0.2) is 0 Å². The number of hydrogen-bond acceptors (Lipinski definition) is 6. The lowest BCUT2D eigenvalue weighted by atomic mass is 10.0. The minimum Gasteiger partial charge on any atom is -0.496 e. The molecule has 2 heterocycles. The number of para-hydroxylation sites is 1. The van der Waals surface area contributed by atoms with Gasteiger partial charge < -0.3 is 19.5 Å². The van der Waals surface area contributed by atoms with Crippen molar-refractivity contribution in [3.05, 3.63) is 35.5 Å². The number of amides is 2. The third-order valence-corrected chi connectivity index (χ3v) is 4.75. The molecule has 3 rings (SSSR count). The Labute approximate surface area is 152 Å². The third-order valence-electron chi connectivity index (χ3n) is 4.75. The lowest BCUT2D eigenvalue weighted by Gasteiger charge is -2.22. The Morgan fingerprint density at radius 2 is 2.08 bits per heavy atom. The van der Waals surface area contributed by atoms with Crippen molar-refractivity contribution in [2.45, 2.75) is 18.9 Å². The van der Waals surface area contributed by atoms with Crippen LogP contribution < -0.4 is 4.74 Å². The van der Waals surface area contributed by atoms with Gasteiger partial charge >= 0.3 is 0 Å². The standard InChI is InChI=1S/C19H24N2O5/c1-20(9-10-22)17-16(14-7-3-4-8-15(14)25-2)18(23)21(19(17)24)12-13-6-5-11-26-13/h3-4,7-8,13,22H,5-6,9-12H2,1-2H3. The monoisotopic (exact) mass is 360 g/mol. The highest BCUT2D eigenvalue weighted by Gasteiger charge is 2.42. The van der Waals surface area contributed by atoms with Crippen LogP contribution in [0, 0.1) is 0 Å². The summed E-state index contributed by atoms with van der Waals surface area (Å²) in [5.74, 6) is -0.185. The number of carbonyl (C=O) groups excluding carboxylic acids is 2. The zero-order valence-electron chi connectivity index (χ0n) is 15.1. The molecule has 1 unspecified atom stereocenters. The molecule has 7 heteroatoms. The Morgan fingerprint density at radius 3 is 2.73 bits per heavy atom. The van der Waals surface area contributed by atoms with E-state index in [1.165, 1.54) is 12.0 Å². The molecule has 1 aromatic rings. The van der Waals surface area contributed by atoms with Gasteiger partial charge in [0.1, 0.15) is 11.4 Å². The highest BCUT2D eigenvalue weighted by molar-refractivity contribution is 6.36. The first-order valence-electron chi connectivity index (χ1n) is 8.76. The van der Waals surface area contributed by atoms with Crippen LogP contribution in [0.15, 0.2) is 30.0 Å². The number of nitrogens with zero attached hydrogens (tertiary/aromatic N) is 2. The summed E-state index contributed by atoms with van der Waals surface area (Å²) in [5, 5.41) is 9.28. The fourth-order valence-corrected chi connectivity index (χ4v) is 3.43. The van der Waals surface area contributed by atoms with Crippen LogP contribution >= 0.6 is 0 Å². The number of aliphatic hydroxyl groups excluding tert-OH is 1. The molecule has 1 N–H and O–H groups in total. The topological polar surface area (TPSA) is 79.3 Å². The largest absolute Gasteiger partial charge is 0.496 e. The average molecular weight is 360 g/mol. The fraction of sp³-hybridized carbons (Fsp3) is 0.474. The number of likely N-dealkylation sites (N-methyl/N-ethyl adjacent to an activating group) is 1. The summed E-state index contributed by atoms with van der Waals surface area (Å²) in [6.07, 6.45) is 1.65. The van der Waals surface area contributed by atoms with E-state index in [-0.39, 0.29) is 43.3 Å². The predicted molar refractivity (Wildman–Crippen MR) is 95.3 cm³/mol. The van der Waals surface area contributed by atoms with Gasteiger partial charge in [-0.05, 0) is 18.9 Å². The second kappa shape index (κ2) is 7.88. The minimum absolute atomic E-state index is 0.119. The first-order chi connectivity index (χ1) is 12.6. The summed E-state index contributed by atoms with van der Waals surface area (Å²) in [4.78, 5) is 29.0. The predicted octanol–water partition coefficient (Wildman–Crippen LogP) is 0.878. The quantitative estimate of drug-likeness (QED) is 0.727. The number of carbonyl (C=O) groups is 2. The highest BCUT2D eigenvalue weighted by atomic mass is 16.5. The molecule has 7 nitrogen and oxygen atoms in total. The molecular weight excluding hydrogens is 336 g/mol. The van der Waals surface area contributed by atoms with Crippen LogP contribution in [0.1, 0.15) is 18.4 Å². The van der Waals surface area contributed by atoms with Crippen LogP contribution in [-0.2, 0) is 14.3 Å². The molecule has 2 aliphatic rings. The number of methoxy groups -OCH3 is 1. The first kappa shape index (κ1) is 18.4. The molecule has 0 bridgehead atoms. The molecule has 0 aliphatic carbocycles. The zero-order chi connectivity index (χ0) is 18.7. The highest BCUT2D eigenvalue weighted by Crippen LogP contribution is 2.36. The smallest absolute Gasteiger partial charge is 0.277 e. The van der Waals surface area contributed by atoms with Gasteiger partial charge in [-0.15, -0.1) is 0 Å². The van der Waals surface area contributed by atoms with Gasteiger partial charge in [0, 0.05) is 25.8 Å². The molecule has 1 saturated heterocycles. The van der Waals surface area contributed by atoms with Crippen molar-refractivity contribution in [2.75, 3.05) is 40.5 Å². The summed E-state index contributed by atoms with van der Waals surface area (Å²) < 4.78 is 11.0. The molecule has 1 atom stereocenters. The van der Waals surface area contributed by atoms with Gasteiger partial charge in [0.05, 0.1) is 31.9 Å². The van der Waals surface area contributed by atoms with Crippen molar-refractivity contribution >= 4 is 17.4 Å². The van der Waals surface area contributed by atoms with Gasteiger partial charge in [-0.1, -0.05) is 18.2 Å². The molecule has 0 spiro atoms. The number of aliphatic hydroxyl groups is 1. The number of imide groups is 1. The molecule has 0 radical (unpaired) electrons. The maximum atomic E-state index is 13.1. The second-order valence-electron chi connectivity index (χ2n) is 6.42. The molecule has 1 fully saturated rings. The Morgan fingerprint density at radius 1 is 1.31 bits per heavy atom. The van der Waals surface area contributed by atoms with Crippen LogP contribution in [0.3, 0.4) is 0 Å². The van der Waals surface area contributed by atoms with Crippen LogP contribution in [-0.4, -0.2) is 73.3 Å². The second-order valence-corrected chi connectivity index (χ2v) is 6.42. The molecular formula is C19H24N2O5. The SMILES string of the molecule is COc1ccccc1C1=C(N(C)CCO)C(=O)N(CC2CCCO2)C1=O. The van der Waals surface area contributed by atoms with Crippen LogP contribution in [0.5, 0.6) is 5.75 Å². The third kappa shape index (κ3) is 3.32. The van der Waals surface area contributed by atoms with E-state index in [0.29, 0.717) is 23.5 Å². The van der Waals surface area contributed by atoms with E-state index in [0.717, 1.165) is 12.8 Å². The van der Waals surface area contributed by atoms with Crippen molar-refractivity contribution < 1.29 is 24.2 Å². The normalized spacial score (nSPS) is 20.3. The maximum absolute atomic E-state index is 13.1.